The van der Waals surface area contributed by atoms with Crippen molar-refractivity contribution in [3.63, 3.8) is 0 Å². The summed E-state index contributed by atoms with van der Waals surface area (Å²) in [6.07, 6.45) is 11.9. The quantitative estimate of drug-likeness (QED) is 0.134. The van der Waals surface area contributed by atoms with Gasteiger partial charge in [-0.15, -0.1) is 0 Å². The number of carbonyl (C=O) groups excluding carboxylic acids is 1. The zero-order chi connectivity index (χ0) is 29.3. The monoisotopic (exact) mass is 554 g/mol. The molecule has 41 heavy (non-hydrogen) atoms. The molecule has 0 atom stereocenters. The molecule has 0 saturated carbocycles. The molecule has 0 aliphatic carbocycles. The summed E-state index contributed by atoms with van der Waals surface area (Å²) in [4.78, 5) is 17.2. The van der Waals surface area contributed by atoms with Gasteiger partial charge in [-0.05, 0) is 59.7 Å². The maximum absolute atomic E-state index is 12.4. The van der Waals surface area contributed by atoms with Gasteiger partial charge in [0.15, 0.2) is 5.78 Å². The molecule has 2 saturated heterocycles. The first-order valence-electron chi connectivity index (χ1n) is 14.6. The van der Waals surface area contributed by atoms with Crippen LogP contribution in [-0.2, 0) is 4.79 Å². The van der Waals surface area contributed by atoms with Gasteiger partial charge in [0.05, 0.1) is 79.5 Å². The largest absolute Gasteiger partial charge is 0.508 e. The number of hydrogen-bond acceptors (Lipinski definition) is 4. The SMILES string of the molecule is C=CC[N+]1(C)CCN(c2ccc(/C=C/C(=O)/C=C(O)/C=C/c3ccc(N4CC[N+](C)(CC=C)CC4)cc3)cc2)CC1. The van der Waals surface area contributed by atoms with Crippen LogP contribution in [0.1, 0.15) is 11.1 Å². The van der Waals surface area contributed by atoms with Crippen molar-refractivity contribution in [3.05, 3.63) is 109 Å². The Bertz CT molecular complexity index is 1270. The molecule has 216 valence electrons. The Labute approximate surface area is 246 Å². The number of anilines is 2. The van der Waals surface area contributed by atoms with E-state index in [9.17, 15) is 9.90 Å². The average molecular weight is 555 g/mol. The number of quaternary nitrogens is 2. The van der Waals surface area contributed by atoms with Crippen LogP contribution in [0.25, 0.3) is 12.2 Å². The lowest BCUT2D eigenvalue weighted by molar-refractivity contribution is -0.904. The molecule has 2 aromatic rings. The standard InChI is InChI=1S/C35H45N4O2/c1-5-23-38(3)25-19-36(20-26-38)32-13-7-30(8-14-32)11-17-34(40)29-35(41)18-12-31-9-15-33(16-10-31)37-21-27-39(4,24-6-2)28-22-37/h5-18,29H,1-2,19-28H2,3-4H3/q+1/p+1/b17-11+,18-12+. The van der Waals surface area contributed by atoms with Crippen molar-refractivity contribution >= 4 is 29.3 Å². The van der Waals surface area contributed by atoms with Crippen LogP contribution < -0.4 is 9.80 Å². The smallest absolute Gasteiger partial charge is 0.182 e. The van der Waals surface area contributed by atoms with Crippen molar-refractivity contribution in [1.82, 2.24) is 0 Å². The minimum absolute atomic E-state index is 0.0682. The highest BCUT2D eigenvalue weighted by molar-refractivity contribution is 6.02. The molecule has 0 bridgehead atoms. The molecule has 2 fully saturated rings. The van der Waals surface area contributed by atoms with Gasteiger partial charge >= 0.3 is 0 Å². The van der Waals surface area contributed by atoms with Gasteiger partial charge in [-0.2, -0.15) is 0 Å². The van der Waals surface area contributed by atoms with Crippen molar-refractivity contribution < 1.29 is 18.9 Å². The van der Waals surface area contributed by atoms with Gasteiger partial charge in [0.25, 0.3) is 0 Å². The van der Waals surface area contributed by atoms with E-state index in [0.717, 1.165) is 85.5 Å². The lowest BCUT2D eigenvalue weighted by Crippen LogP contribution is -2.57. The Balaban J connectivity index is 1.25. The third-order valence-electron chi connectivity index (χ3n) is 8.47. The van der Waals surface area contributed by atoms with Gasteiger partial charge in [-0.3, -0.25) is 4.79 Å². The highest BCUT2D eigenvalue weighted by Crippen LogP contribution is 2.22. The van der Waals surface area contributed by atoms with Gasteiger partial charge in [0.2, 0.25) is 0 Å². The van der Waals surface area contributed by atoms with Crippen LogP contribution in [0.15, 0.2) is 97.8 Å². The summed E-state index contributed by atoms with van der Waals surface area (Å²) in [7, 11) is 4.58. The molecule has 1 N–H and O–H groups in total. The molecule has 2 heterocycles. The highest BCUT2D eigenvalue weighted by Gasteiger charge is 2.28. The zero-order valence-electron chi connectivity index (χ0n) is 24.8. The number of nitrogens with zero attached hydrogens (tertiary/aromatic N) is 4. The van der Waals surface area contributed by atoms with E-state index in [1.165, 1.54) is 23.5 Å². The first kappa shape index (κ1) is 30.1. The minimum Gasteiger partial charge on any atom is -0.508 e. The first-order chi connectivity index (χ1) is 19.7. The molecule has 0 aromatic heterocycles. The van der Waals surface area contributed by atoms with E-state index in [1.54, 1.807) is 12.2 Å². The maximum atomic E-state index is 12.4. The molecule has 2 aliphatic heterocycles. The van der Waals surface area contributed by atoms with Crippen molar-refractivity contribution in [1.29, 1.82) is 0 Å². The van der Waals surface area contributed by atoms with Crippen molar-refractivity contribution in [3.8, 4) is 0 Å². The van der Waals surface area contributed by atoms with Gasteiger partial charge in [0.1, 0.15) is 5.76 Å². The maximum Gasteiger partial charge on any atom is 0.182 e. The zero-order valence-corrected chi connectivity index (χ0v) is 24.8. The summed E-state index contributed by atoms with van der Waals surface area (Å²) in [6, 6.07) is 16.6. The number of benzene rings is 2. The Hall–Kier alpha value is -3.87. The first-order valence-corrected chi connectivity index (χ1v) is 14.6. The average Bonchev–Trinajstić information content (AvgIpc) is 2.97. The molecule has 2 aromatic carbocycles. The Morgan fingerprint density at radius 3 is 1.51 bits per heavy atom. The second-order valence-electron chi connectivity index (χ2n) is 11.9. The molecule has 6 heteroatoms. The summed E-state index contributed by atoms with van der Waals surface area (Å²) in [5.74, 6) is -0.324. The molecule has 2 aliphatic rings. The number of likely N-dealkylation sites (N-methyl/N-ethyl adjacent to an activating group) is 2. The number of allylic oxidation sites excluding steroid dienone is 3. The van der Waals surface area contributed by atoms with Gasteiger partial charge in [-0.1, -0.05) is 49.6 Å². The number of piperazine rings is 2. The van der Waals surface area contributed by atoms with E-state index in [4.69, 9.17) is 0 Å². The molecular formula is C35H46N4O2+2. The molecule has 0 unspecified atom stereocenters. The van der Waals surface area contributed by atoms with Gasteiger partial charge in [0, 0.05) is 17.5 Å². The Morgan fingerprint density at radius 2 is 1.12 bits per heavy atom. The van der Waals surface area contributed by atoms with Crippen LogP contribution in [0.3, 0.4) is 0 Å². The molecule has 4 rings (SSSR count). The fourth-order valence-electron chi connectivity index (χ4n) is 5.60. The minimum atomic E-state index is -0.256. The predicted octanol–water partition coefficient (Wildman–Crippen LogP) is 5.33. The fourth-order valence-corrected chi connectivity index (χ4v) is 5.60. The lowest BCUT2D eigenvalue weighted by atomic mass is 10.1. The number of rotatable bonds is 11. The van der Waals surface area contributed by atoms with Crippen LogP contribution in [-0.4, -0.2) is 99.4 Å². The normalized spacial score (nSPS) is 19.0. The van der Waals surface area contributed by atoms with Crippen LogP contribution in [0.2, 0.25) is 0 Å². The second-order valence-corrected chi connectivity index (χ2v) is 11.9. The van der Waals surface area contributed by atoms with E-state index in [2.05, 4.69) is 61.3 Å². The van der Waals surface area contributed by atoms with E-state index in [-0.39, 0.29) is 11.5 Å². The summed E-state index contributed by atoms with van der Waals surface area (Å²) in [5.41, 5.74) is 4.34. The van der Waals surface area contributed by atoms with Gasteiger partial charge in [-0.25, -0.2) is 0 Å². The molecule has 0 spiro atoms. The summed E-state index contributed by atoms with van der Waals surface area (Å²) < 4.78 is 2.08. The number of ketones is 1. The van der Waals surface area contributed by atoms with Crippen LogP contribution in [0.4, 0.5) is 11.4 Å². The summed E-state index contributed by atoms with van der Waals surface area (Å²) in [5, 5.41) is 10.3. The number of aliphatic hydroxyl groups is 1. The third-order valence-corrected chi connectivity index (χ3v) is 8.47. The van der Waals surface area contributed by atoms with Crippen LogP contribution >= 0.6 is 0 Å². The second kappa shape index (κ2) is 13.7. The number of carbonyl (C=O) groups is 1. The topological polar surface area (TPSA) is 43.8 Å². The van der Waals surface area contributed by atoms with Crippen LogP contribution in [0, 0.1) is 0 Å². The Kier molecular flexibility index (Phi) is 10.0. The van der Waals surface area contributed by atoms with E-state index < -0.39 is 0 Å². The predicted molar refractivity (Wildman–Crippen MR) is 173 cm³/mol. The van der Waals surface area contributed by atoms with Crippen molar-refractivity contribution in [2.45, 2.75) is 0 Å². The summed E-state index contributed by atoms with van der Waals surface area (Å²) in [6.45, 7) is 18.3. The van der Waals surface area contributed by atoms with E-state index >= 15 is 0 Å². The van der Waals surface area contributed by atoms with Gasteiger partial charge < -0.3 is 23.9 Å². The molecular weight excluding hydrogens is 508 g/mol. The number of aliphatic hydroxyl groups excluding tert-OH is 1. The third kappa shape index (κ3) is 8.56. The van der Waals surface area contributed by atoms with Crippen LogP contribution in [0.5, 0.6) is 0 Å². The molecule has 0 radical (unpaired) electrons. The number of hydrogen-bond donors (Lipinski definition) is 1. The lowest BCUT2D eigenvalue weighted by Gasteiger charge is -2.42. The van der Waals surface area contributed by atoms with E-state index in [1.807, 2.05) is 42.5 Å². The highest BCUT2D eigenvalue weighted by atomic mass is 16.3. The van der Waals surface area contributed by atoms with Crippen molar-refractivity contribution in [2.24, 2.45) is 0 Å². The molecule has 0 amide bonds. The van der Waals surface area contributed by atoms with E-state index in [0.29, 0.717) is 0 Å². The van der Waals surface area contributed by atoms with Crippen molar-refractivity contribution in [2.75, 3.05) is 89.3 Å². The Morgan fingerprint density at radius 1 is 0.732 bits per heavy atom. The fraction of sp³-hybridized carbons (Fsp3) is 0.343. The molecule has 6 nitrogen and oxygen atoms in total. The summed E-state index contributed by atoms with van der Waals surface area (Å²) >= 11 is 0.